The van der Waals surface area contributed by atoms with E-state index >= 15 is 0 Å². The molecule has 0 bridgehead atoms. The second kappa shape index (κ2) is 7.14. The number of hydrogen-bond acceptors (Lipinski definition) is 1. The second-order valence-electron chi connectivity index (χ2n) is 4.98. The molecule has 1 nitrogen and oxygen atoms in total. The minimum atomic E-state index is -0.525. The van der Waals surface area contributed by atoms with Crippen LogP contribution in [0.1, 0.15) is 36.1 Å². The maximum Gasteiger partial charge on any atom is 0.131 e. The van der Waals surface area contributed by atoms with Crippen molar-refractivity contribution >= 4 is 15.9 Å². The summed E-state index contributed by atoms with van der Waals surface area (Å²) < 4.78 is 29.2. The van der Waals surface area contributed by atoms with Crippen molar-refractivity contribution in [1.29, 1.82) is 0 Å². The molecule has 1 unspecified atom stereocenters. The lowest BCUT2D eigenvalue weighted by Crippen LogP contribution is -2.26. The maximum absolute atomic E-state index is 14.2. The summed E-state index contributed by atoms with van der Waals surface area (Å²) in [6, 6.07) is 9.19. The van der Waals surface area contributed by atoms with Gasteiger partial charge in [0.2, 0.25) is 0 Å². The second-order valence-corrected chi connectivity index (χ2v) is 5.83. The summed E-state index contributed by atoms with van der Waals surface area (Å²) in [5, 5.41) is 3.25. The summed E-state index contributed by atoms with van der Waals surface area (Å²) >= 11 is 3.48. The molecule has 2 rings (SSSR count). The van der Waals surface area contributed by atoms with E-state index < -0.39 is 17.7 Å². The van der Waals surface area contributed by atoms with Crippen LogP contribution in [0.25, 0.3) is 0 Å². The molecule has 0 radical (unpaired) electrons. The third-order valence-corrected chi connectivity index (χ3v) is 4.37. The van der Waals surface area contributed by atoms with E-state index in [0.717, 1.165) is 22.0 Å². The van der Waals surface area contributed by atoms with Crippen LogP contribution in [0.15, 0.2) is 40.9 Å². The highest BCUT2D eigenvalue weighted by atomic mass is 79.9. The third kappa shape index (κ3) is 3.50. The fraction of sp³-hybridized carbons (Fsp3) is 0.294. The number of hydrogen-bond donors (Lipinski definition) is 1. The molecule has 2 aromatic carbocycles. The van der Waals surface area contributed by atoms with Crippen molar-refractivity contribution in [2.24, 2.45) is 0 Å². The Balaban J connectivity index is 2.55. The van der Waals surface area contributed by atoms with Crippen LogP contribution in [-0.4, -0.2) is 6.54 Å². The van der Waals surface area contributed by atoms with Crippen molar-refractivity contribution in [3.8, 4) is 0 Å². The normalized spacial score (nSPS) is 12.4. The quantitative estimate of drug-likeness (QED) is 0.785. The lowest BCUT2D eigenvalue weighted by Gasteiger charge is -2.23. The van der Waals surface area contributed by atoms with Gasteiger partial charge < -0.3 is 5.32 Å². The zero-order chi connectivity index (χ0) is 15.4. The Bertz CT molecular complexity index is 608. The number of halogens is 3. The van der Waals surface area contributed by atoms with E-state index in [1.165, 1.54) is 18.2 Å². The maximum atomic E-state index is 14.2. The fourth-order valence-corrected chi connectivity index (χ4v) is 2.76. The number of benzene rings is 2. The number of rotatable bonds is 5. The van der Waals surface area contributed by atoms with Crippen LogP contribution in [0.3, 0.4) is 0 Å². The van der Waals surface area contributed by atoms with Crippen molar-refractivity contribution in [3.05, 3.63) is 69.2 Å². The van der Waals surface area contributed by atoms with Crippen molar-refractivity contribution in [1.82, 2.24) is 5.32 Å². The van der Waals surface area contributed by atoms with Gasteiger partial charge >= 0.3 is 0 Å². The van der Waals surface area contributed by atoms with Gasteiger partial charge in [0.25, 0.3) is 0 Å². The molecular formula is C17H18BrF2N. The molecule has 0 aliphatic heterocycles. The van der Waals surface area contributed by atoms with E-state index in [1.807, 2.05) is 32.0 Å². The summed E-state index contributed by atoms with van der Waals surface area (Å²) in [5.74, 6) is -1.05. The minimum Gasteiger partial charge on any atom is -0.306 e. The summed E-state index contributed by atoms with van der Waals surface area (Å²) in [6.07, 6.45) is 0.889. The predicted molar refractivity (Wildman–Crippen MR) is 85.4 cm³/mol. The molecule has 0 amide bonds. The van der Waals surface area contributed by atoms with Gasteiger partial charge in [-0.05, 0) is 49.2 Å². The highest BCUT2D eigenvalue weighted by Gasteiger charge is 2.23. The molecular weight excluding hydrogens is 336 g/mol. The SMILES string of the molecule is CCCNC(c1cccc(Br)c1C)c1c(F)cccc1F. The fourth-order valence-electron chi connectivity index (χ4n) is 2.38. The van der Waals surface area contributed by atoms with E-state index in [2.05, 4.69) is 21.2 Å². The molecule has 0 aliphatic rings. The van der Waals surface area contributed by atoms with Crippen molar-refractivity contribution in [2.45, 2.75) is 26.3 Å². The molecule has 0 saturated carbocycles. The van der Waals surface area contributed by atoms with Crippen LogP contribution in [0, 0.1) is 18.6 Å². The number of nitrogens with one attached hydrogen (secondary N) is 1. The molecule has 21 heavy (non-hydrogen) atoms. The average Bonchev–Trinajstić information content (AvgIpc) is 2.45. The first-order valence-electron chi connectivity index (χ1n) is 6.98. The van der Waals surface area contributed by atoms with E-state index in [1.54, 1.807) is 0 Å². The van der Waals surface area contributed by atoms with E-state index in [4.69, 9.17) is 0 Å². The molecule has 0 spiro atoms. The Labute approximate surface area is 132 Å². The van der Waals surface area contributed by atoms with Crippen LogP contribution in [0.4, 0.5) is 8.78 Å². The van der Waals surface area contributed by atoms with Gasteiger partial charge in [-0.1, -0.05) is 41.1 Å². The van der Waals surface area contributed by atoms with Gasteiger partial charge in [-0.3, -0.25) is 0 Å². The lowest BCUT2D eigenvalue weighted by molar-refractivity contribution is 0.502. The molecule has 0 fully saturated rings. The zero-order valence-electron chi connectivity index (χ0n) is 12.1. The first kappa shape index (κ1) is 16.1. The summed E-state index contributed by atoms with van der Waals surface area (Å²) in [6.45, 7) is 4.65. The summed E-state index contributed by atoms with van der Waals surface area (Å²) in [5.41, 5.74) is 1.93. The van der Waals surface area contributed by atoms with Gasteiger partial charge in [0, 0.05) is 10.0 Å². The highest BCUT2D eigenvalue weighted by Crippen LogP contribution is 2.31. The Kier molecular flexibility index (Phi) is 5.48. The van der Waals surface area contributed by atoms with Gasteiger partial charge in [0.05, 0.1) is 6.04 Å². The largest absolute Gasteiger partial charge is 0.306 e. The Hall–Kier alpha value is -1.26. The van der Waals surface area contributed by atoms with E-state index in [-0.39, 0.29) is 5.56 Å². The first-order valence-corrected chi connectivity index (χ1v) is 7.77. The molecule has 0 heterocycles. The standard InChI is InChI=1S/C17H18BrF2N/c1-3-10-21-17(12-6-4-7-13(18)11(12)2)16-14(19)8-5-9-15(16)20/h4-9,17,21H,3,10H2,1-2H3. The topological polar surface area (TPSA) is 12.0 Å². The van der Waals surface area contributed by atoms with Gasteiger partial charge in [0.15, 0.2) is 0 Å². The third-order valence-electron chi connectivity index (χ3n) is 3.51. The summed E-state index contributed by atoms with van der Waals surface area (Å²) in [4.78, 5) is 0. The highest BCUT2D eigenvalue weighted by molar-refractivity contribution is 9.10. The van der Waals surface area contributed by atoms with Gasteiger partial charge in [-0.15, -0.1) is 0 Å². The Morgan fingerprint density at radius 1 is 1.10 bits per heavy atom. The average molecular weight is 354 g/mol. The van der Waals surface area contributed by atoms with Crippen LogP contribution in [-0.2, 0) is 0 Å². The molecule has 0 saturated heterocycles. The molecule has 1 atom stereocenters. The molecule has 0 aliphatic carbocycles. The van der Waals surface area contributed by atoms with Crippen LogP contribution in [0.2, 0.25) is 0 Å². The van der Waals surface area contributed by atoms with Gasteiger partial charge in [-0.25, -0.2) is 8.78 Å². The van der Waals surface area contributed by atoms with Crippen LogP contribution >= 0.6 is 15.9 Å². The smallest absolute Gasteiger partial charge is 0.131 e. The minimum absolute atomic E-state index is 0.0761. The molecule has 112 valence electrons. The predicted octanol–water partition coefficient (Wildman–Crippen LogP) is 5.12. The lowest BCUT2D eigenvalue weighted by atomic mass is 9.94. The van der Waals surface area contributed by atoms with E-state index in [0.29, 0.717) is 6.54 Å². The molecule has 2 aromatic rings. The van der Waals surface area contributed by atoms with Gasteiger partial charge in [-0.2, -0.15) is 0 Å². The van der Waals surface area contributed by atoms with Gasteiger partial charge in [0.1, 0.15) is 11.6 Å². The Morgan fingerprint density at radius 3 is 2.33 bits per heavy atom. The summed E-state index contributed by atoms with van der Waals surface area (Å²) in [7, 11) is 0. The van der Waals surface area contributed by atoms with Crippen molar-refractivity contribution in [2.75, 3.05) is 6.54 Å². The van der Waals surface area contributed by atoms with E-state index in [9.17, 15) is 8.78 Å². The van der Waals surface area contributed by atoms with Crippen molar-refractivity contribution < 1.29 is 8.78 Å². The Morgan fingerprint density at radius 2 is 1.71 bits per heavy atom. The molecule has 4 heteroatoms. The van der Waals surface area contributed by atoms with Crippen molar-refractivity contribution in [3.63, 3.8) is 0 Å². The van der Waals surface area contributed by atoms with Crippen LogP contribution < -0.4 is 5.32 Å². The first-order chi connectivity index (χ1) is 10.1. The molecule has 1 N–H and O–H groups in total. The molecule has 0 aromatic heterocycles. The van der Waals surface area contributed by atoms with Crippen LogP contribution in [0.5, 0.6) is 0 Å². The zero-order valence-corrected chi connectivity index (χ0v) is 13.7. The monoisotopic (exact) mass is 353 g/mol.